The van der Waals surface area contributed by atoms with E-state index in [-0.39, 0.29) is 19.4 Å². The zero-order valence-corrected chi connectivity index (χ0v) is 34.8. The summed E-state index contributed by atoms with van der Waals surface area (Å²) < 4.78 is 38.4. The van der Waals surface area contributed by atoms with Gasteiger partial charge in [0.05, 0.1) is 32.0 Å². The number of epoxide rings is 1. The van der Waals surface area contributed by atoms with Gasteiger partial charge >= 0.3 is 19.8 Å². The Balaban J connectivity index is 2.26. The first-order chi connectivity index (χ1) is 26.2. The lowest BCUT2D eigenvalue weighted by Crippen LogP contribution is -2.29. The lowest BCUT2D eigenvalue weighted by atomic mass is 10.1. The van der Waals surface area contributed by atoms with Crippen LogP contribution in [-0.4, -0.2) is 77.9 Å². The van der Waals surface area contributed by atoms with Gasteiger partial charge in [-0.25, -0.2) is 4.57 Å². The van der Waals surface area contributed by atoms with E-state index in [4.69, 9.17) is 23.8 Å². The second-order valence-electron chi connectivity index (χ2n) is 14.7. The number of ether oxygens (including phenoxy) is 3. The highest BCUT2D eigenvalue weighted by Crippen LogP contribution is 2.43. The van der Waals surface area contributed by atoms with Crippen molar-refractivity contribution in [2.24, 2.45) is 0 Å². The van der Waals surface area contributed by atoms with E-state index in [1.807, 2.05) is 0 Å². The number of phosphoric ester groups is 1. The molecular formula is C42H77O11P. The first-order valence-corrected chi connectivity index (χ1v) is 22.9. The fourth-order valence-corrected chi connectivity index (χ4v) is 6.84. The van der Waals surface area contributed by atoms with Crippen molar-refractivity contribution in [1.29, 1.82) is 0 Å². The Morgan fingerprint density at radius 1 is 0.648 bits per heavy atom. The summed E-state index contributed by atoms with van der Waals surface area (Å²) in [6.07, 6.45) is 34.5. The van der Waals surface area contributed by atoms with Gasteiger partial charge in [0.25, 0.3) is 0 Å². The molecular weight excluding hydrogens is 711 g/mol. The molecule has 1 fully saturated rings. The fourth-order valence-electron chi connectivity index (χ4n) is 6.05. The number of hydrogen-bond donors (Lipinski definition) is 3. The molecule has 1 heterocycles. The molecule has 1 saturated heterocycles. The maximum atomic E-state index is 12.6. The summed E-state index contributed by atoms with van der Waals surface area (Å²) in [5, 5.41) is 18.3. The van der Waals surface area contributed by atoms with Crippen LogP contribution in [0.5, 0.6) is 0 Å². The molecule has 11 nitrogen and oxygen atoms in total. The van der Waals surface area contributed by atoms with Crippen molar-refractivity contribution in [3.8, 4) is 0 Å². The highest BCUT2D eigenvalue weighted by Gasteiger charge is 2.36. The van der Waals surface area contributed by atoms with Crippen LogP contribution in [0.15, 0.2) is 24.3 Å². The second kappa shape index (κ2) is 34.6. The van der Waals surface area contributed by atoms with Crippen molar-refractivity contribution in [3.05, 3.63) is 24.3 Å². The van der Waals surface area contributed by atoms with Crippen molar-refractivity contribution in [3.63, 3.8) is 0 Å². The van der Waals surface area contributed by atoms with Crippen molar-refractivity contribution >= 4 is 19.8 Å². The highest BCUT2D eigenvalue weighted by molar-refractivity contribution is 7.47. The molecule has 54 heavy (non-hydrogen) atoms. The van der Waals surface area contributed by atoms with Gasteiger partial charge in [-0.15, -0.1) is 0 Å². The number of hydrogen-bond acceptors (Lipinski definition) is 10. The van der Waals surface area contributed by atoms with Crippen LogP contribution >= 0.6 is 7.82 Å². The second-order valence-corrected chi connectivity index (χ2v) is 16.2. The van der Waals surface area contributed by atoms with Gasteiger partial charge in [0.15, 0.2) is 6.10 Å². The zero-order chi connectivity index (χ0) is 39.5. The van der Waals surface area contributed by atoms with Crippen molar-refractivity contribution in [2.75, 3.05) is 26.4 Å². The standard InChI is InChI=1S/C42H77O11P/c1-3-5-7-8-9-10-11-12-13-14-15-16-20-23-27-31-41(45)49-35-38(36-51-54(47,48)50-34-37(44)33-43)52-42(46)32-28-24-21-18-17-19-22-26-30-40-39(53-40)29-25-6-4-2/h12-13,22,26,37-40,43-44H,3-11,14-21,23-25,27-36H2,1-2H3,(H,47,48)/b13-12-,26-22-. The number of unbranched alkanes of at least 4 members (excludes halogenated alkanes) is 18. The molecule has 0 spiro atoms. The number of rotatable bonds is 39. The fraction of sp³-hybridized carbons (Fsp3) is 0.857. The predicted octanol–water partition coefficient (Wildman–Crippen LogP) is 9.99. The van der Waals surface area contributed by atoms with Crippen LogP contribution in [0.4, 0.5) is 0 Å². The Labute approximate surface area is 327 Å². The molecule has 12 heteroatoms. The van der Waals surface area contributed by atoms with Crippen LogP contribution in [0.25, 0.3) is 0 Å². The van der Waals surface area contributed by atoms with Gasteiger partial charge in [0.2, 0.25) is 0 Å². The monoisotopic (exact) mass is 789 g/mol. The van der Waals surface area contributed by atoms with E-state index in [1.54, 1.807) is 0 Å². The lowest BCUT2D eigenvalue weighted by Gasteiger charge is -2.20. The lowest BCUT2D eigenvalue weighted by molar-refractivity contribution is -0.161. The Morgan fingerprint density at radius 2 is 1.15 bits per heavy atom. The molecule has 0 saturated carbocycles. The average molecular weight is 789 g/mol. The Morgan fingerprint density at radius 3 is 1.74 bits per heavy atom. The molecule has 0 aliphatic carbocycles. The van der Waals surface area contributed by atoms with Crippen LogP contribution < -0.4 is 0 Å². The van der Waals surface area contributed by atoms with Gasteiger partial charge in [-0.3, -0.25) is 18.6 Å². The number of aliphatic hydroxyl groups is 2. The van der Waals surface area contributed by atoms with Crippen molar-refractivity contribution in [1.82, 2.24) is 0 Å². The minimum Gasteiger partial charge on any atom is -0.462 e. The third kappa shape index (κ3) is 31.6. The summed E-state index contributed by atoms with van der Waals surface area (Å²) in [6, 6.07) is 0. The minimum absolute atomic E-state index is 0.163. The van der Waals surface area contributed by atoms with Gasteiger partial charge in [-0.1, -0.05) is 128 Å². The van der Waals surface area contributed by atoms with Crippen molar-refractivity contribution in [2.45, 2.75) is 205 Å². The Kier molecular flexibility index (Phi) is 32.4. The molecule has 0 amide bonds. The van der Waals surface area contributed by atoms with Gasteiger partial charge in [-0.05, 0) is 64.2 Å². The number of esters is 2. The molecule has 3 N–H and O–H groups in total. The zero-order valence-electron chi connectivity index (χ0n) is 33.9. The third-order valence-electron chi connectivity index (χ3n) is 9.50. The summed E-state index contributed by atoms with van der Waals surface area (Å²) in [6.45, 7) is 2.31. The molecule has 1 aliphatic heterocycles. The van der Waals surface area contributed by atoms with Crippen LogP contribution in [0.3, 0.4) is 0 Å². The number of carbonyl (C=O) groups is 2. The van der Waals surface area contributed by atoms with Crippen LogP contribution in [0.1, 0.15) is 181 Å². The molecule has 0 aromatic heterocycles. The number of phosphoric acid groups is 1. The van der Waals surface area contributed by atoms with Crippen LogP contribution in [0, 0.1) is 0 Å². The Bertz CT molecular complexity index is 1020. The van der Waals surface area contributed by atoms with E-state index >= 15 is 0 Å². The van der Waals surface area contributed by atoms with E-state index in [0.29, 0.717) is 25.0 Å². The summed E-state index contributed by atoms with van der Waals surface area (Å²) >= 11 is 0. The van der Waals surface area contributed by atoms with Gasteiger partial charge in [0.1, 0.15) is 12.7 Å². The minimum atomic E-state index is -4.62. The third-order valence-corrected chi connectivity index (χ3v) is 10.5. The molecule has 1 rings (SSSR count). The maximum Gasteiger partial charge on any atom is 0.472 e. The number of allylic oxidation sites excluding steroid dienone is 3. The summed E-state index contributed by atoms with van der Waals surface area (Å²) in [7, 11) is -4.62. The van der Waals surface area contributed by atoms with E-state index in [1.165, 1.54) is 64.2 Å². The number of aliphatic hydroxyl groups excluding tert-OH is 2. The largest absolute Gasteiger partial charge is 0.472 e. The molecule has 5 unspecified atom stereocenters. The van der Waals surface area contributed by atoms with Crippen LogP contribution in [0.2, 0.25) is 0 Å². The quantitative estimate of drug-likeness (QED) is 0.0179. The average Bonchev–Trinajstić information content (AvgIpc) is 3.91. The van der Waals surface area contributed by atoms with E-state index < -0.39 is 51.8 Å². The smallest absolute Gasteiger partial charge is 0.462 e. The van der Waals surface area contributed by atoms with Gasteiger partial charge in [-0.2, -0.15) is 0 Å². The van der Waals surface area contributed by atoms with E-state index in [2.05, 4.69) is 42.7 Å². The Hall–Kier alpha value is -1.59. The van der Waals surface area contributed by atoms with Crippen molar-refractivity contribution < 1.29 is 52.5 Å². The molecule has 1 aliphatic rings. The predicted molar refractivity (Wildman–Crippen MR) is 214 cm³/mol. The van der Waals surface area contributed by atoms with E-state index in [9.17, 15) is 24.2 Å². The molecule has 5 atom stereocenters. The topological polar surface area (TPSA) is 161 Å². The van der Waals surface area contributed by atoms with Gasteiger partial charge in [0, 0.05) is 12.8 Å². The van der Waals surface area contributed by atoms with Gasteiger partial charge < -0.3 is 29.3 Å². The van der Waals surface area contributed by atoms with E-state index in [0.717, 1.165) is 77.0 Å². The van der Waals surface area contributed by atoms with Crippen LogP contribution in [-0.2, 0) is 37.4 Å². The summed E-state index contributed by atoms with van der Waals surface area (Å²) in [5.41, 5.74) is 0. The molecule has 0 aromatic rings. The highest BCUT2D eigenvalue weighted by atomic mass is 31.2. The first kappa shape index (κ1) is 50.4. The molecule has 0 radical (unpaired) electrons. The first-order valence-electron chi connectivity index (χ1n) is 21.4. The normalized spacial score (nSPS) is 17.9. The summed E-state index contributed by atoms with van der Waals surface area (Å²) in [4.78, 5) is 35.0. The molecule has 0 aromatic carbocycles. The maximum absolute atomic E-state index is 12.6. The molecule has 316 valence electrons. The SMILES string of the molecule is CCCCCCCC/C=C\CCCCCCCC(=O)OCC(COP(=O)(O)OCC(O)CO)OC(=O)CCCCCCC/C=C\CC1OC1CCCCC. The summed E-state index contributed by atoms with van der Waals surface area (Å²) in [5.74, 6) is -0.954. The number of carbonyl (C=O) groups excluding carboxylic acids is 2. The molecule has 0 bridgehead atoms.